The first-order valence-electron chi connectivity index (χ1n) is 10.3. The van der Waals surface area contributed by atoms with Crippen LogP contribution in [0.2, 0.25) is 10.0 Å². The largest absolute Gasteiger partial charge is 0.368 e. The second-order valence-electron chi connectivity index (χ2n) is 7.91. The van der Waals surface area contributed by atoms with Gasteiger partial charge in [-0.1, -0.05) is 23.2 Å². The van der Waals surface area contributed by atoms with Gasteiger partial charge in [-0.2, -0.15) is 0 Å². The van der Waals surface area contributed by atoms with Crippen molar-refractivity contribution in [1.82, 2.24) is 19.8 Å². The Morgan fingerprint density at radius 3 is 2.53 bits per heavy atom. The number of carbonyl (C=O) groups is 1. The van der Waals surface area contributed by atoms with Gasteiger partial charge in [-0.3, -0.25) is 9.69 Å². The molecule has 0 unspecified atom stereocenters. The van der Waals surface area contributed by atoms with Crippen molar-refractivity contribution in [3.8, 4) is 11.4 Å². The van der Waals surface area contributed by atoms with Crippen molar-refractivity contribution in [2.75, 3.05) is 50.7 Å². The molecule has 6 nitrogen and oxygen atoms in total. The maximum Gasteiger partial charge on any atom is 0.236 e. The number of carbonyl (C=O) groups excluding carboxylic acids is 1. The van der Waals surface area contributed by atoms with Crippen molar-refractivity contribution in [2.24, 2.45) is 0 Å². The first kappa shape index (κ1) is 19.7. The molecular formula is C22H23Cl2N5O. The summed E-state index contributed by atoms with van der Waals surface area (Å²) >= 11 is 12.6. The number of piperazine rings is 1. The minimum absolute atomic E-state index is 0.243. The first-order valence-corrected chi connectivity index (χ1v) is 11.0. The summed E-state index contributed by atoms with van der Waals surface area (Å²) in [5, 5.41) is 1.31. The second-order valence-corrected chi connectivity index (χ2v) is 8.75. The molecule has 8 heteroatoms. The topological polar surface area (TPSA) is 55.5 Å². The van der Waals surface area contributed by atoms with Gasteiger partial charge in [-0.25, -0.2) is 4.98 Å². The number of anilines is 1. The highest BCUT2D eigenvalue weighted by atomic mass is 35.5. The highest BCUT2D eigenvalue weighted by Gasteiger charge is 2.25. The maximum atomic E-state index is 12.5. The third-order valence-corrected chi connectivity index (χ3v) is 6.52. The van der Waals surface area contributed by atoms with Crippen LogP contribution in [0.25, 0.3) is 22.4 Å². The van der Waals surface area contributed by atoms with Crippen LogP contribution < -0.4 is 4.90 Å². The molecule has 0 radical (unpaired) electrons. The van der Waals surface area contributed by atoms with Crippen LogP contribution in [0, 0.1) is 0 Å². The normalized spacial score (nSPS) is 17.4. The Morgan fingerprint density at radius 1 is 1.00 bits per heavy atom. The van der Waals surface area contributed by atoms with E-state index in [-0.39, 0.29) is 5.91 Å². The molecule has 30 heavy (non-hydrogen) atoms. The zero-order valence-corrected chi connectivity index (χ0v) is 18.1. The van der Waals surface area contributed by atoms with Crippen LogP contribution in [0.15, 0.2) is 36.4 Å². The molecule has 0 aliphatic carbocycles. The molecule has 156 valence electrons. The molecule has 0 atom stereocenters. The smallest absolute Gasteiger partial charge is 0.236 e. The molecule has 0 spiro atoms. The van der Waals surface area contributed by atoms with Crippen molar-refractivity contribution in [3.05, 3.63) is 46.4 Å². The number of H-pyrrole nitrogens is 1. The predicted octanol–water partition coefficient (Wildman–Crippen LogP) is 3.89. The summed E-state index contributed by atoms with van der Waals surface area (Å²) in [6.07, 6.45) is 1.21. The molecule has 2 fully saturated rings. The molecule has 1 N–H and O–H groups in total. The van der Waals surface area contributed by atoms with Crippen LogP contribution in [0.5, 0.6) is 0 Å². The molecule has 3 heterocycles. The van der Waals surface area contributed by atoms with E-state index < -0.39 is 0 Å². The van der Waals surface area contributed by atoms with E-state index in [1.807, 2.05) is 35.2 Å². The SMILES string of the molecule is O=C(CN1CCC1)N1CCN(c2ccc(Cl)c(-c3nc4ccc(Cl)cc4[nH]3)c2)CC1. The fourth-order valence-corrected chi connectivity index (χ4v) is 4.43. The van der Waals surface area contributed by atoms with E-state index in [9.17, 15) is 4.79 Å². The molecule has 3 aromatic rings. The van der Waals surface area contributed by atoms with E-state index in [1.54, 1.807) is 0 Å². The molecule has 2 aromatic carbocycles. The lowest BCUT2D eigenvalue weighted by Gasteiger charge is -2.38. The summed E-state index contributed by atoms with van der Waals surface area (Å²) in [4.78, 5) is 26.9. The molecule has 0 bridgehead atoms. The average molecular weight is 444 g/mol. The lowest BCUT2D eigenvalue weighted by molar-refractivity contribution is -0.133. The van der Waals surface area contributed by atoms with Crippen LogP contribution in [-0.4, -0.2) is 71.5 Å². The van der Waals surface area contributed by atoms with Crippen molar-refractivity contribution >= 4 is 45.8 Å². The third-order valence-electron chi connectivity index (χ3n) is 5.95. The van der Waals surface area contributed by atoms with E-state index in [2.05, 4.69) is 25.8 Å². The van der Waals surface area contributed by atoms with Crippen molar-refractivity contribution in [2.45, 2.75) is 6.42 Å². The number of halogens is 2. The summed E-state index contributed by atoms with van der Waals surface area (Å²) in [7, 11) is 0. The van der Waals surface area contributed by atoms with Crippen LogP contribution in [0.1, 0.15) is 6.42 Å². The number of likely N-dealkylation sites (tertiary alicyclic amines) is 1. The van der Waals surface area contributed by atoms with Crippen molar-refractivity contribution in [1.29, 1.82) is 0 Å². The van der Waals surface area contributed by atoms with E-state index in [1.165, 1.54) is 6.42 Å². The van der Waals surface area contributed by atoms with Gasteiger partial charge in [-0.05, 0) is 55.9 Å². The maximum absolute atomic E-state index is 12.5. The minimum Gasteiger partial charge on any atom is -0.368 e. The van der Waals surface area contributed by atoms with E-state index in [4.69, 9.17) is 23.2 Å². The number of nitrogens with one attached hydrogen (secondary N) is 1. The molecular weight excluding hydrogens is 421 g/mol. The molecule has 1 amide bonds. The van der Waals surface area contributed by atoms with E-state index >= 15 is 0 Å². The number of aromatic amines is 1. The molecule has 0 saturated carbocycles. The van der Waals surface area contributed by atoms with Crippen LogP contribution >= 0.6 is 23.2 Å². The lowest BCUT2D eigenvalue weighted by Crippen LogP contribution is -2.52. The standard InChI is InChI=1S/C22H23Cl2N5O/c23-15-2-5-19-20(12-15)26-22(25-19)17-13-16(3-4-18(17)24)28-8-10-29(11-9-28)21(30)14-27-6-1-7-27/h2-5,12-13H,1,6-11,14H2,(H,25,26). The first-order chi connectivity index (χ1) is 14.6. The second kappa shape index (κ2) is 8.10. The highest BCUT2D eigenvalue weighted by molar-refractivity contribution is 6.33. The van der Waals surface area contributed by atoms with Gasteiger partial charge in [0.05, 0.1) is 22.6 Å². The summed E-state index contributed by atoms with van der Waals surface area (Å²) < 4.78 is 0. The van der Waals surface area contributed by atoms with Gasteiger partial charge in [0.1, 0.15) is 5.82 Å². The van der Waals surface area contributed by atoms with Crippen molar-refractivity contribution < 1.29 is 4.79 Å². The zero-order valence-electron chi connectivity index (χ0n) is 16.6. The Morgan fingerprint density at radius 2 is 1.80 bits per heavy atom. The van der Waals surface area contributed by atoms with Crippen molar-refractivity contribution in [3.63, 3.8) is 0 Å². The van der Waals surface area contributed by atoms with Gasteiger partial charge >= 0.3 is 0 Å². The number of aromatic nitrogens is 2. The highest BCUT2D eigenvalue weighted by Crippen LogP contribution is 2.32. The molecule has 1 aromatic heterocycles. The third kappa shape index (κ3) is 3.87. The molecule has 2 aliphatic heterocycles. The number of hydrogen-bond acceptors (Lipinski definition) is 4. The fourth-order valence-electron chi connectivity index (χ4n) is 4.05. The Balaban J connectivity index is 1.31. The summed E-state index contributed by atoms with van der Waals surface area (Å²) in [5.41, 5.74) is 3.68. The van der Waals surface area contributed by atoms with E-state index in [0.29, 0.717) is 16.6 Å². The summed E-state index contributed by atoms with van der Waals surface area (Å²) in [6, 6.07) is 11.6. The Bertz CT molecular complexity index is 1090. The number of fused-ring (bicyclic) bond motifs is 1. The molecule has 2 saturated heterocycles. The van der Waals surface area contributed by atoms with Gasteiger partial charge in [0, 0.05) is 42.5 Å². The quantitative estimate of drug-likeness (QED) is 0.664. The van der Waals surface area contributed by atoms with Gasteiger partial charge in [0.25, 0.3) is 0 Å². The number of imidazole rings is 1. The summed E-state index contributed by atoms with van der Waals surface area (Å²) in [6.45, 7) is 5.76. The zero-order chi connectivity index (χ0) is 20.7. The Kier molecular flexibility index (Phi) is 5.31. The number of rotatable bonds is 4. The minimum atomic E-state index is 0.243. The van der Waals surface area contributed by atoms with Crippen LogP contribution in [-0.2, 0) is 4.79 Å². The summed E-state index contributed by atoms with van der Waals surface area (Å²) in [5.74, 6) is 0.967. The predicted molar refractivity (Wildman–Crippen MR) is 121 cm³/mol. The number of amides is 1. The van der Waals surface area contributed by atoms with Crippen LogP contribution in [0.3, 0.4) is 0 Å². The Hall–Kier alpha value is -2.28. The monoisotopic (exact) mass is 443 g/mol. The fraction of sp³-hybridized carbons (Fsp3) is 0.364. The van der Waals surface area contributed by atoms with E-state index in [0.717, 1.165) is 67.4 Å². The van der Waals surface area contributed by atoms with Crippen LogP contribution in [0.4, 0.5) is 5.69 Å². The Labute approximate surface area is 185 Å². The lowest BCUT2D eigenvalue weighted by atomic mass is 10.1. The molecule has 5 rings (SSSR count). The number of hydrogen-bond donors (Lipinski definition) is 1. The van der Waals surface area contributed by atoms with Gasteiger partial charge in [0.15, 0.2) is 0 Å². The average Bonchev–Trinajstić information content (AvgIpc) is 3.14. The number of nitrogens with zero attached hydrogens (tertiary/aromatic N) is 4. The van der Waals surface area contributed by atoms with Gasteiger partial charge in [-0.15, -0.1) is 0 Å². The molecule has 2 aliphatic rings. The number of benzene rings is 2. The van der Waals surface area contributed by atoms with Gasteiger partial charge in [0.2, 0.25) is 5.91 Å². The van der Waals surface area contributed by atoms with Gasteiger partial charge < -0.3 is 14.8 Å².